The Morgan fingerprint density at radius 2 is 0.735 bits per heavy atom. The average Bonchev–Trinajstić information content (AvgIpc) is 3.34. The summed E-state index contributed by atoms with van der Waals surface area (Å²) in [6.07, 6.45) is 57.8. The van der Waals surface area contributed by atoms with Crippen LogP contribution in [-0.2, 0) is 28.6 Å². The van der Waals surface area contributed by atoms with Gasteiger partial charge in [-0.3, -0.25) is 14.4 Å². The maximum absolute atomic E-state index is 13.4. The number of carbonyl (C=O) groups is 3. The van der Waals surface area contributed by atoms with Gasteiger partial charge in [0, 0.05) is 12.8 Å². The van der Waals surface area contributed by atoms with Crippen LogP contribution in [0.2, 0.25) is 0 Å². The van der Waals surface area contributed by atoms with Gasteiger partial charge in [-0.2, -0.15) is 0 Å². The predicted octanol–water partition coefficient (Wildman–Crippen LogP) is 17.1. The van der Waals surface area contributed by atoms with E-state index in [4.69, 9.17) is 14.2 Å². The van der Waals surface area contributed by atoms with Crippen LogP contribution in [0, 0.1) is 5.92 Å². The fourth-order valence-corrected chi connectivity index (χ4v) is 8.61. The number of unbranched alkanes of at least 4 members (excludes halogenated alkanes) is 32. The fraction of sp³-hybridized carbons (Fsp3) is 0.850. The molecule has 0 radical (unpaired) electrons. The zero-order chi connectivity index (χ0) is 49.6. The molecule has 8 nitrogen and oxygen atoms in total. The van der Waals surface area contributed by atoms with Crippen LogP contribution < -0.4 is 0 Å². The Bertz CT molecular complexity index is 1180. The first-order valence-corrected chi connectivity index (χ1v) is 29.1. The van der Waals surface area contributed by atoms with Crippen molar-refractivity contribution in [1.82, 2.24) is 0 Å². The maximum atomic E-state index is 13.4. The van der Waals surface area contributed by atoms with Gasteiger partial charge in [-0.05, 0) is 103 Å². The van der Waals surface area contributed by atoms with Crippen LogP contribution in [0.15, 0.2) is 36.5 Å². The molecule has 8 heteroatoms. The topological polar surface area (TPSA) is 119 Å². The van der Waals surface area contributed by atoms with Gasteiger partial charge in [-0.1, -0.05) is 211 Å². The average molecular weight is 960 g/mol. The van der Waals surface area contributed by atoms with Crippen molar-refractivity contribution >= 4 is 17.9 Å². The second-order valence-electron chi connectivity index (χ2n) is 19.9. The molecule has 0 saturated carbocycles. The third kappa shape index (κ3) is 48.6. The van der Waals surface area contributed by atoms with Crippen molar-refractivity contribution in [1.29, 1.82) is 0 Å². The van der Waals surface area contributed by atoms with Crippen molar-refractivity contribution < 1.29 is 38.8 Å². The summed E-state index contributed by atoms with van der Waals surface area (Å²) in [6, 6.07) is 0. The summed E-state index contributed by atoms with van der Waals surface area (Å²) in [5, 5.41) is 19.8. The Labute approximate surface area is 420 Å². The van der Waals surface area contributed by atoms with E-state index in [1.807, 2.05) is 0 Å². The largest absolute Gasteiger partial charge is 0.462 e. The summed E-state index contributed by atoms with van der Waals surface area (Å²) in [5.41, 5.74) is 0. The predicted molar refractivity (Wildman–Crippen MR) is 287 cm³/mol. The van der Waals surface area contributed by atoms with E-state index in [-0.39, 0.29) is 38.0 Å². The van der Waals surface area contributed by atoms with E-state index in [1.54, 1.807) is 0 Å². The molecule has 0 aliphatic carbocycles. The zero-order valence-electron chi connectivity index (χ0n) is 44.9. The Kier molecular flexibility index (Phi) is 52.0. The molecule has 3 atom stereocenters. The van der Waals surface area contributed by atoms with Crippen LogP contribution in [0.4, 0.5) is 0 Å². The zero-order valence-corrected chi connectivity index (χ0v) is 44.9. The third-order valence-corrected chi connectivity index (χ3v) is 13.1. The number of aliphatic hydroxyl groups is 2. The minimum absolute atomic E-state index is 0.0986. The summed E-state index contributed by atoms with van der Waals surface area (Å²) in [7, 11) is 0. The van der Waals surface area contributed by atoms with Crippen molar-refractivity contribution in [2.75, 3.05) is 19.8 Å². The number of esters is 3. The highest BCUT2D eigenvalue weighted by Crippen LogP contribution is 2.20. The standard InChI is InChI=1S/C60H110O8/c1-4-7-10-13-16-19-22-25-28-31-34-37-40-43-46-49-58(63)66-53-57(68-59(64)50-47-44-41-38-35-32-29-26-23-20-17-14-11-8-5-2)54-67-60(65)55(51-56(62)52-61)48-45-42-39-36-33-30-27-24-21-18-15-12-9-6-3/h25-30,55-57,61-62H,4-24,31-54H2,1-3H3/b28-25-,29-26-,30-27-. The second-order valence-corrected chi connectivity index (χ2v) is 19.9. The molecule has 0 saturated heterocycles. The molecular formula is C60H110O8. The van der Waals surface area contributed by atoms with Crippen LogP contribution in [0.25, 0.3) is 0 Å². The highest BCUT2D eigenvalue weighted by Gasteiger charge is 2.26. The number of rotatable bonds is 53. The van der Waals surface area contributed by atoms with E-state index in [9.17, 15) is 24.6 Å². The number of allylic oxidation sites excluding steroid dienone is 6. The van der Waals surface area contributed by atoms with Crippen molar-refractivity contribution in [3.63, 3.8) is 0 Å². The molecule has 0 fully saturated rings. The minimum Gasteiger partial charge on any atom is -0.462 e. The van der Waals surface area contributed by atoms with E-state index < -0.39 is 30.7 Å². The number of hydrogen-bond acceptors (Lipinski definition) is 8. The van der Waals surface area contributed by atoms with E-state index in [2.05, 4.69) is 57.2 Å². The van der Waals surface area contributed by atoms with Crippen molar-refractivity contribution in [2.45, 2.75) is 303 Å². The van der Waals surface area contributed by atoms with Gasteiger partial charge in [0.2, 0.25) is 0 Å². The van der Waals surface area contributed by atoms with Crippen molar-refractivity contribution in [3.05, 3.63) is 36.5 Å². The lowest BCUT2D eigenvalue weighted by molar-refractivity contribution is -0.169. The Morgan fingerprint density at radius 3 is 1.12 bits per heavy atom. The Balaban J connectivity index is 4.85. The molecule has 68 heavy (non-hydrogen) atoms. The molecule has 0 aliphatic heterocycles. The summed E-state index contributed by atoms with van der Waals surface area (Å²) in [4.78, 5) is 39.2. The summed E-state index contributed by atoms with van der Waals surface area (Å²) < 4.78 is 17.1. The molecule has 3 unspecified atom stereocenters. The summed E-state index contributed by atoms with van der Waals surface area (Å²) in [5.74, 6) is -1.82. The lowest BCUT2D eigenvalue weighted by Crippen LogP contribution is -2.33. The monoisotopic (exact) mass is 959 g/mol. The molecular weight excluding hydrogens is 849 g/mol. The van der Waals surface area contributed by atoms with E-state index in [0.717, 1.165) is 109 Å². The maximum Gasteiger partial charge on any atom is 0.309 e. The first-order valence-electron chi connectivity index (χ1n) is 29.1. The van der Waals surface area contributed by atoms with E-state index in [1.165, 1.54) is 128 Å². The first-order chi connectivity index (χ1) is 33.4. The third-order valence-electron chi connectivity index (χ3n) is 13.1. The summed E-state index contributed by atoms with van der Waals surface area (Å²) >= 11 is 0. The molecule has 0 rings (SSSR count). The van der Waals surface area contributed by atoms with Gasteiger partial charge in [0.15, 0.2) is 6.10 Å². The SMILES string of the molecule is CCCCCCCC/C=C\CCCCCCCC(=O)OCC(COC(=O)C(CCCCCC/C=C\CCCCCCCC)CC(O)CO)OC(=O)CCCCCCC/C=C\CCCCCCCC. The molecule has 0 aliphatic rings. The second kappa shape index (κ2) is 53.9. The molecule has 0 bridgehead atoms. The van der Waals surface area contributed by atoms with Gasteiger partial charge in [0.05, 0.1) is 18.6 Å². The first kappa shape index (κ1) is 65.5. The van der Waals surface area contributed by atoms with Crippen LogP contribution >= 0.6 is 0 Å². The molecule has 2 N–H and O–H groups in total. The van der Waals surface area contributed by atoms with Gasteiger partial charge in [0.1, 0.15) is 13.2 Å². The lowest BCUT2D eigenvalue weighted by Gasteiger charge is -2.21. The highest BCUT2D eigenvalue weighted by molar-refractivity contribution is 5.73. The van der Waals surface area contributed by atoms with Crippen LogP contribution in [-0.4, -0.2) is 60.1 Å². The Morgan fingerprint density at radius 1 is 0.412 bits per heavy atom. The van der Waals surface area contributed by atoms with Gasteiger partial charge in [-0.25, -0.2) is 0 Å². The lowest BCUT2D eigenvalue weighted by atomic mass is 9.94. The quantitative estimate of drug-likeness (QED) is 0.0268. The number of hydrogen-bond donors (Lipinski definition) is 2. The smallest absolute Gasteiger partial charge is 0.309 e. The fourth-order valence-electron chi connectivity index (χ4n) is 8.61. The molecule has 0 aromatic rings. The summed E-state index contributed by atoms with van der Waals surface area (Å²) in [6.45, 7) is 5.93. The molecule has 0 amide bonds. The molecule has 0 aromatic carbocycles. The molecule has 0 heterocycles. The number of aliphatic hydroxyl groups excluding tert-OH is 2. The van der Waals surface area contributed by atoms with E-state index in [0.29, 0.717) is 19.3 Å². The van der Waals surface area contributed by atoms with Crippen LogP contribution in [0.5, 0.6) is 0 Å². The van der Waals surface area contributed by atoms with Crippen molar-refractivity contribution in [3.8, 4) is 0 Å². The number of carbonyl (C=O) groups excluding carboxylic acids is 3. The van der Waals surface area contributed by atoms with Gasteiger partial charge >= 0.3 is 17.9 Å². The van der Waals surface area contributed by atoms with E-state index >= 15 is 0 Å². The minimum atomic E-state index is -1.03. The molecule has 0 spiro atoms. The normalized spacial score (nSPS) is 13.2. The van der Waals surface area contributed by atoms with Crippen LogP contribution in [0.3, 0.4) is 0 Å². The molecule has 398 valence electrons. The highest BCUT2D eigenvalue weighted by atomic mass is 16.6. The van der Waals surface area contributed by atoms with Gasteiger partial charge in [-0.15, -0.1) is 0 Å². The van der Waals surface area contributed by atoms with Gasteiger partial charge in [0.25, 0.3) is 0 Å². The molecule has 0 aromatic heterocycles. The van der Waals surface area contributed by atoms with Crippen LogP contribution in [0.1, 0.15) is 290 Å². The van der Waals surface area contributed by atoms with Crippen molar-refractivity contribution in [2.24, 2.45) is 5.92 Å². The number of ether oxygens (including phenoxy) is 3. The van der Waals surface area contributed by atoms with Gasteiger partial charge < -0.3 is 24.4 Å². The Hall–Kier alpha value is -2.45.